The zero-order valence-corrected chi connectivity index (χ0v) is 24.6. The molecular formula is C39H52. The molecule has 0 radical (unpaired) electrons. The molecule has 0 aromatic heterocycles. The highest BCUT2D eigenvalue weighted by atomic mass is 14.8. The van der Waals surface area contributed by atoms with Crippen molar-refractivity contribution in [2.45, 2.75) is 84.0 Å². The molecule has 0 N–H and O–H groups in total. The molecular weight excluding hydrogens is 468 g/mol. The molecule has 0 aliphatic heterocycles. The summed E-state index contributed by atoms with van der Waals surface area (Å²) in [6.45, 7) is 18.3. The third kappa shape index (κ3) is 5.29. The molecule has 0 saturated heterocycles. The summed E-state index contributed by atoms with van der Waals surface area (Å²) in [5.41, 5.74) is 4.63. The molecule has 0 heteroatoms. The van der Waals surface area contributed by atoms with Crippen LogP contribution in [0.3, 0.4) is 0 Å². The van der Waals surface area contributed by atoms with Crippen molar-refractivity contribution < 1.29 is 0 Å². The van der Waals surface area contributed by atoms with E-state index in [9.17, 15) is 0 Å². The van der Waals surface area contributed by atoms with Crippen molar-refractivity contribution in [2.75, 3.05) is 0 Å². The van der Waals surface area contributed by atoms with Gasteiger partial charge in [-0.05, 0) is 106 Å². The van der Waals surface area contributed by atoms with E-state index in [1.54, 1.807) is 0 Å². The molecule has 0 aromatic carbocycles. The van der Waals surface area contributed by atoms with Crippen molar-refractivity contribution in [3.05, 3.63) is 123 Å². The topological polar surface area (TPSA) is 0 Å². The Kier molecular flexibility index (Phi) is 9.92. The van der Waals surface area contributed by atoms with Crippen LogP contribution in [0.25, 0.3) is 0 Å². The first-order chi connectivity index (χ1) is 19.0. The molecule has 4 aliphatic rings. The predicted molar refractivity (Wildman–Crippen MR) is 172 cm³/mol. The van der Waals surface area contributed by atoms with E-state index in [1.807, 2.05) is 35.5 Å². The maximum Gasteiger partial charge on any atom is 0.00507 e. The predicted octanol–water partition coefficient (Wildman–Crippen LogP) is 11.4. The summed E-state index contributed by atoms with van der Waals surface area (Å²) in [5, 5.41) is 0. The van der Waals surface area contributed by atoms with E-state index in [4.69, 9.17) is 0 Å². The number of allylic oxidation sites excluding steroid dienone is 16. The first kappa shape index (κ1) is 29.4. The summed E-state index contributed by atoms with van der Waals surface area (Å²) >= 11 is 0. The average molecular weight is 521 g/mol. The van der Waals surface area contributed by atoms with Gasteiger partial charge >= 0.3 is 0 Å². The van der Waals surface area contributed by atoms with Crippen LogP contribution in [0.4, 0.5) is 0 Å². The minimum atomic E-state index is 0.241. The van der Waals surface area contributed by atoms with E-state index in [2.05, 4.69) is 94.0 Å². The normalized spacial score (nSPS) is 35.1. The van der Waals surface area contributed by atoms with Crippen LogP contribution in [-0.4, -0.2) is 0 Å². The molecule has 0 heterocycles. The Labute approximate surface area is 240 Å². The van der Waals surface area contributed by atoms with Crippen LogP contribution in [0, 0.1) is 34.0 Å². The van der Waals surface area contributed by atoms with E-state index in [1.165, 1.54) is 51.4 Å². The molecule has 2 bridgehead atoms. The summed E-state index contributed by atoms with van der Waals surface area (Å²) < 4.78 is 0. The second-order valence-corrected chi connectivity index (χ2v) is 12.6. The van der Waals surface area contributed by atoms with E-state index in [0.29, 0.717) is 16.7 Å². The van der Waals surface area contributed by atoms with E-state index in [0.717, 1.165) is 37.5 Å². The van der Waals surface area contributed by atoms with Crippen molar-refractivity contribution in [3.8, 4) is 0 Å². The van der Waals surface area contributed by atoms with Crippen LogP contribution in [0.1, 0.15) is 84.0 Å². The second kappa shape index (κ2) is 13.2. The van der Waals surface area contributed by atoms with Gasteiger partial charge in [-0.2, -0.15) is 0 Å². The Bertz CT molecular complexity index is 1060. The number of fused-ring (bicyclic) bond motifs is 2. The monoisotopic (exact) mass is 520 g/mol. The molecule has 5 unspecified atom stereocenters. The van der Waals surface area contributed by atoms with Gasteiger partial charge in [0.25, 0.3) is 0 Å². The number of rotatable bonds is 16. The van der Waals surface area contributed by atoms with Gasteiger partial charge < -0.3 is 0 Å². The maximum atomic E-state index is 3.94. The SMILES string of the molecule is C=CC=CCCC1=C(CCC=CC=C)C23CC(C)CCC24C=CC(C4)C3C1(CCC=CC=C)CCC=CC=C. The van der Waals surface area contributed by atoms with Crippen LogP contribution in [0.2, 0.25) is 0 Å². The molecule has 0 amide bonds. The highest BCUT2D eigenvalue weighted by Crippen LogP contribution is 2.82. The molecule has 2 fully saturated rings. The quantitative estimate of drug-likeness (QED) is 0.140. The van der Waals surface area contributed by atoms with Crippen molar-refractivity contribution in [1.29, 1.82) is 0 Å². The molecule has 4 aliphatic carbocycles. The van der Waals surface area contributed by atoms with Crippen LogP contribution in [0.15, 0.2) is 123 Å². The standard InChI is InChI=1S/C39H52/c1-6-10-14-18-22-34-35(23-19-15-11-7-2)39-30-32(5)24-28-37(39)29-25-33(31-37)36(39)38(34,26-20-16-12-8-3)27-21-17-13-9-4/h6-17,25,29,32-33,36H,1-4,18-24,26-28,30-31H2,5H3. The van der Waals surface area contributed by atoms with Gasteiger partial charge in [-0.1, -0.05) is 129 Å². The van der Waals surface area contributed by atoms with Gasteiger partial charge in [0.15, 0.2) is 0 Å². The first-order valence-electron chi connectivity index (χ1n) is 15.6. The van der Waals surface area contributed by atoms with Gasteiger partial charge in [0.05, 0.1) is 0 Å². The fourth-order valence-corrected chi connectivity index (χ4v) is 9.66. The number of hydrogen-bond donors (Lipinski definition) is 0. The molecule has 4 rings (SSSR count). The number of hydrogen-bond acceptors (Lipinski definition) is 0. The molecule has 208 valence electrons. The summed E-state index contributed by atoms with van der Waals surface area (Å²) in [7, 11) is 0. The van der Waals surface area contributed by atoms with Crippen LogP contribution in [-0.2, 0) is 0 Å². The third-order valence-corrected chi connectivity index (χ3v) is 10.7. The van der Waals surface area contributed by atoms with Crippen LogP contribution >= 0.6 is 0 Å². The van der Waals surface area contributed by atoms with Crippen molar-refractivity contribution in [2.24, 2.45) is 34.0 Å². The fraction of sp³-hybridized carbons (Fsp3) is 0.487. The van der Waals surface area contributed by atoms with E-state index in [-0.39, 0.29) is 5.41 Å². The molecule has 2 spiro atoms. The molecule has 2 saturated carbocycles. The minimum absolute atomic E-state index is 0.241. The second-order valence-electron chi connectivity index (χ2n) is 12.6. The Hall–Kier alpha value is -2.60. The smallest absolute Gasteiger partial charge is 0.00507 e. The maximum absolute atomic E-state index is 3.94. The van der Waals surface area contributed by atoms with Gasteiger partial charge in [0, 0.05) is 5.41 Å². The van der Waals surface area contributed by atoms with Crippen LogP contribution < -0.4 is 0 Å². The summed E-state index contributed by atoms with van der Waals surface area (Å²) in [4.78, 5) is 0. The highest BCUT2D eigenvalue weighted by Gasteiger charge is 2.74. The lowest BCUT2D eigenvalue weighted by Gasteiger charge is -2.55. The summed E-state index contributed by atoms with van der Waals surface area (Å²) in [6, 6.07) is 0. The van der Waals surface area contributed by atoms with Gasteiger partial charge in [-0.3, -0.25) is 0 Å². The Morgan fingerprint density at radius 1 is 0.744 bits per heavy atom. The molecule has 5 atom stereocenters. The zero-order chi connectivity index (χ0) is 27.8. The highest BCUT2D eigenvalue weighted by molar-refractivity contribution is 5.49. The third-order valence-electron chi connectivity index (χ3n) is 10.7. The first-order valence-corrected chi connectivity index (χ1v) is 15.6. The van der Waals surface area contributed by atoms with Crippen molar-refractivity contribution in [1.82, 2.24) is 0 Å². The molecule has 39 heavy (non-hydrogen) atoms. The van der Waals surface area contributed by atoms with Gasteiger partial charge in [0.1, 0.15) is 0 Å². The summed E-state index contributed by atoms with van der Waals surface area (Å²) in [5.74, 6) is 2.23. The fourth-order valence-electron chi connectivity index (χ4n) is 9.66. The van der Waals surface area contributed by atoms with Crippen molar-refractivity contribution in [3.63, 3.8) is 0 Å². The Morgan fingerprint density at radius 2 is 1.28 bits per heavy atom. The molecule has 0 nitrogen and oxygen atoms in total. The minimum Gasteiger partial charge on any atom is -0.0991 e. The van der Waals surface area contributed by atoms with E-state index < -0.39 is 0 Å². The van der Waals surface area contributed by atoms with Crippen LogP contribution in [0.5, 0.6) is 0 Å². The van der Waals surface area contributed by atoms with Gasteiger partial charge in [0.2, 0.25) is 0 Å². The zero-order valence-electron chi connectivity index (χ0n) is 24.6. The average Bonchev–Trinajstić information content (AvgIpc) is 3.55. The summed E-state index contributed by atoms with van der Waals surface area (Å²) in [6.07, 6.45) is 45.9. The lowest BCUT2D eigenvalue weighted by atomic mass is 9.48. The van der Waals surface area contributed by atoms with Crippen molar-refractivity contribution >= 4 is 0 Å². The lowest BCUT2D eigenvalue weighted by Crippen LogP contribution is -2.49. The van der Waals surface area contributed by atoms with E-state index >= 15 is 0 Å². The van der Waals surface area contributed by atoms with Gasteiger partial charge in [-0.15, -0.1) is 0 Å². The largest absolute Gasteiger partial charge is 0.0991 e. The Morgan fingerprint density at radius 3 is 1.85 bits per heavy atom. The Balaban J connectivity index is 1.90. The molecule has 0 aromatic rings. The lowest BCUT2D eigenvalue weighted by molar-refractivity contribution is -0.00832. The van der Waals surface area contributed by atoms with Gasteiger partial charge in [-0.25, -0.2) is 0 Å².